The number of methoxy groups -OCH3 is 1. The molecule has 1 aliphatic heterocycles. The number of rotatable bonds is 4. The number of hydrogen-bond acceptors (Lipinski definition) is 5. The molecule has 0 amide bonds. The number of halogens is 1. The Labute approximate surface area is 176 Å². The van der Waals surface area contributed by atoms with Crippen LogP contribution in [0.15, 0.2) is 41.7 Å². The van der Waals surface area contributed by atoms with Crippen molar-refractivity contribution in [2.75, 3.05) is 27.2 Å². The van der Waals surface area contributed by atoms with E-state index in [9.17, 15) is 4.79 Å². The first kappa shape index (κ1) is 21.1. The predicted octanol–water partition coefficient (Wildman–Crippen LogP) is 1.70. The smallest absolute Gasteiger partial charge is 0.310 e. The van der Waals surface area contributed by atoms with Crippen LogP contribution in [0.5, 0.6) is 0 Å². The highest BCUT2D eigenvalue weighted by Crippen LogP contribution is 2.24. The largest absolute Gasteiger partial charge is 0.469 e. The van der Waals surface area contributed by atoms with Crippen LogP contribution in [0.3, 0.4) is 0 Å². The second-order valence-corrected chi connectivity index (χ2v) is 6.37. The Morgan fingerprint density at radius 2 is 2.07 bits per heavy atom. The van der Waals surface area contributed by atoms with Crippen LogP contribution in [0.4, 0.5) is 0 Å². The first-order valence-electron chi connectivity index (χ1n) is 8.61. The molecule has 146 valence electrons. The molecule has 2 unspecified atom stereocenters. The van der Waals surface area contributed by atoms with Crippen molar-refractivity contribution in [1.29, 1.82) is 0 Å². The number of para-hydroxylation sites is 1. The molecule has 1 saturated heterocycles. The van der Waals surface area contributed by atoms with E-state index < -0.39 is 0 Å². The fourth-order valence-corrected chi connectivity index (χ4v) is 3.27. The summed E-state index contributed by atoms with van der Waals surface area (Å²) in [6, 6.07) is 9.93. The lowest BCUT2D eigenvalue weighted by atomic mass is 9.99. The second-order valence-electron chi connectivity index (χ2n) is 6.37. The van der Waals surface area contributed by atoms with E-state index in [2.05, 4.69) is 32.3 Å². The van der Waals surface area contributed by atoms with E-state index in [-0.39, 0.29) is 41.8 Å². The maximum Gasteiger partial charge on any atom is 0.310 e. The lowest BCUT2D eigenvalue weighted by molar-refractivity contribution is -0.145. The molecule has 0 saturated carbocycles. The van der Waals surface area contributed by atoms with Gasteiger partial charge in [-0.25, -0.2) is 0 Å². The van der Waals surface area contributed by atoms with Gasteiger partial charge in [-0.2, -0.15) is 0 Å². The van der Waals surface area contributed by atoms with Crippen molar-refractivity contribution in [1.82, 2.24) is 25.0 Å². The molecular weight excluding hydrogens is 459 g/mol. The minimum Gasteiger partial charge on any atom is -0.469 e. The van der Waals surface area contributed by atoms with Crippen molar-refractivity contribution in [3.63, 3.8) is 0 Å². The first-order chi connectivity index (χ1) is 12.6. The number of carbonyl (C=O) groups is 1. The van der Waals surface area contributed by atoms with Crippen LogP contribution >= 0.6 is 24.0 Å². The predicted molar refractivity (Wildman–Crippen MR) is 113 cm³/mol. The van der Waals surface area contributed by atoms with Gasteiger partial charge in [0.25, 0.3) is 0 Å². The van der Waals surface area contributed by atoms with Gasteiger partial charge in [0.1, 0.15) is 6.33 Å². The van der Waals surface area contributed by atoms with Gasteiger partial charge in [0.05, 0.1) is 19.6 Å². The molecule has 2 aromatic rings. The highest BCUT2D eigenvalue weighted by Gasteiger charge is 2.36. The van der Waals surface area contributed by atoms with Gasteiger partial charge in [0, 0.05) is 25.8 Å². The summed E-state index contributed by atoms with van der Waals surface area (Å²) in [5, 5.41) is 11.5. The summed E-state index contributed by atoms with van der Waals surface area (Å²) in [5.41, 5.74) is 1.00. The normalized spacial score (nSPS) is 19.5. The van der Waals surface area contributed by atoms with E-state index in [0.29, 0.717) is 13.1 Å². The van der Waals surface area contributed by atoms with E-state index in [1.165, 1.54) is 7.11 Å². The monoisotopic (exact) mass is 484 g/mol. The van der Waals surface area contributed by atoms with Crippen molar-refractivity contribution in [2.24, 2.45) is 16.8 Å². The Morgan fingerprint density at radius 1 is 1.33 bits per heavy atom. The van der Waals surface area contributed by atoms with Crippen LogP contribution in [0.1, 0.15) is 12.7 Å². The van der Waals surface area contributed by atoms with Gasteiger partial charge in [0.2, 0.25) is 0 Å². The van der Waals surface area contributed by atoms with Crippen LogP contribution < -0.4 is 5.32 Å². The van der Waals surface area contributed by atoms with Gasteiger partial charge in [-0.3, -0.25) is 14.4 Å². The minimum absolute atomic E-state index is 0. The number of benzene rings is 1. The summed E-state index contributed by atoms with van der Waals surface area (Å²) in [6.07, 6.45) is 1.69. The number of ether oxygens (including phenoxy) is 1. The molecule has 1 aliphatic rings. The molecule has 27 heavy (non-hydrogen) atoms. The summed E-state index contributed by atoms with van der Waals surface area (Å²) in [7, 11) is 3.17. The molecule has 0 bridgehead atoms. The molecule has 0 radical (unpaired) electrons. The van der Waals surface area contributed by atoms with Crippen LogP contribution in [0, 0.1) is 11.8 Å². The molecule has 1 aromatic heterocycles. The van der Waals surface area contributed by atoms with E-state index in [1.54, 1.807) is 13.4 Å². The topological polar surface area (TPSA) is 84.6 Å². The van der Waals surface area contributed by atoms with Gasteiger partial charge in [-0.1, -0.05) is 25.1 Å². The number of likely N-dealkylation sites (tertiary alicyclic amines) is 1. The van der Waals surface area contributed by atoms with Gasteiger partial charge >= 0.3 is 5.97 Å². The Kier molecular flexibility index (Phi) is 7.57. The number of nitrogens with zero attached hydrogens (tertiary/aromatic N) is 5. The Balaban J connectivity index is 0.00000261. The first-order valence-corrected chi connectivity index (χ1v) is 8.61. The number of aromatic nitrogens is 3. The number of esters is 1. The van der Waals surface area contributed by atoms with Crippen molar-refractivity contribution in [3.05, 3.63) is 42.5 Å². The minimum atomic E-state index is -0.167. The molecule has 8 nitrogen and oxygen atoms in total. The SMILES string of the molecule is CN=C(NCc1nncn1-c1ccccc1)N1CC(C)C(C(=O)OC)C1.I. The number of carbonyl (C=O) groups excluding carboxylic acids is 1. The van der Waals surface area contributed by atoms with Crippen LogP contribution in [0.2, 0.25) is 0 Å². The highest BCUT2D eigenvalue weighted by molar-refractivity contribution is 14.0. The van der Waals surface area contributed by atoms with Crippen LogP contribution in [-0.2, 0) is 16.1 Å². The second kappa shape index (κ2) is 9.67. The van der Waals surface area contributed by atoms with Crippen molar-refractivity contribution in [2.45, 2.75) is 13.5 Å². The van der Waals surface area contributed by atoms with Crippen molar-refractivity contribution < 1.29 is 9.53 Å². The molecule has 0 aliphatic carbocycles. The molecule has 3 rings (SSSR count). The fraction of sp³-hybridized carbons (Fsp3) is 0.444. The van der Waals surface area contributed by atoms with Gasteiger partial charge < -0.3 is 15.0 Å². The summed E-state index contributed by atoms with van der Waals surface area (Å²) >= 11 is 0. The number of aliphatic imine (C=N–C) groups is 1. The van der Waals surface area contributed by atoms with E-state index in [0.717, 1.165) is 24.0 Å². The van der Waals surface area contributed by atoms with E-state index >= 15 is 0 Å². The quantitative estimate of drug-likeness (QED) is 0.308. The molecule has 2 atom stereocenters. The third-order valence-corrected chi connectivity index (χ3v) is 4.68. The molecule has 9 heteroatoms. The third-order valence-electron chi connectivity index (χ3n) is 4.68. The molecule has 2 heterocycles. The maximum atomic E-state index is 11.9. The summed E-state index contributed by atoms with van der Waals surface area (Å²) in [5.74, 6) is 1.44. The van der Waals surface area contributed by atoms with Gasteiger partial charge in [-0.05, 0) is 18.1 Å². The summed E-state index contributed by atoms with van der Waals surface area (Å²) in [6.45, 7) is 3.89. The lowest BCUT2D eigenvalue weighted by Gasteiger charge is -2.21. The number of nitrogens with one attached hydrogen (secondary N) is 1. The van der Waals surface area contributed by atoms with Crippen molar-refractivity contribution in [3.8, 4) is 5.69 Å². The molecule has 1 fully saturated rings. The Morgan fingerprint density at radius 3 is 2.74 bits per heavy atom. The Hall–Kier alpha value is -2.17. The summed E-state index contributed by atoms with van der Waals surface area (Å²) in [4.78, 5) is 18.3. The third kappa shape index (κ3) is 4.76. The average Bonchev–Trinajstić information content (AvgIpc) is 3.29. The zero-order chi connectivity index (χ0) is 18.5. The van der Waals surface area contributed by atoms with E-state index in [4.69, 9.17) is 4.74 Å². The van der Waals surface area contributed by atoms with E-state index in [1.807, 2.05) is 34.9 Å². The maximum absolute atomic E-state index is 11.9. The Bertz CT molecular complexity index is 779. The van der Waals surface area contributed by atoms with Crippen molar-refractivity contribution >= 4 is 35.9 Å². The zero-order valence-corrected chi connectivity index (χ0v) is 18.0. The highest BCUT2D eigenvalue weighted by atomic mass is 127. The van der Waals surface area contributed by atoms with Crippen LogP contribution in [-0.4, -0.2) is 58.8 Å². The zero-order valence-electron chi connectivity index (χ0n) is 15.7. The van der Waals surface area contributed by atoms with Gasteiger partial charge in [0.15, 0.2) is 11.8 Å². The fourth-order valence-electron chi connectivity index (χ4n) is 3.27. The number of guanidine groups is 1. The number of hydrogen-bond donors (Lipinski definition) is 1. The molecular formula is C18H25IN6O2. The standard InChI is InChI=1S/C18H24N6O2.HI/c1-13-10-23(11-15(13)17(25)26-3)18(19-2)20-9-16-22-21-12-24(16)14-7-5-4-6-8-14;/h4-8,12-13,15H,9-11H2,1-3H3,(H,19,20);1H. The molecule has 1 aromatic carbocycles. The average molecular weight is 484 g/mol. The van der Waals surface area contributed by atoms with Gasteiger partial charge in [-0.15, -0.1) is 34.2 Å². The molecule has 1 N–H and O–H groups in total. The summed E-state index contributed by atoms with van der Waals surface area (Å²) < 4.78 is 6.84. The van der Waals surface area contributed by atoms with Crippen LogP contribution in [0.25, 0.3) is 5.69 Å². The lowest BCUT2D eigenvalue weighted by Crippen LogP contribution is -2.40. The molecule has 0 spiro atoms.